The van der Waals surface area contributed by atoms with Gasteiger partial charge in [0.2, 0.25) is 0 Å². The summed E-state index contributed by atoms with van der Waals surface area (Å²) >= 11 is 3.43. The van der Waals surface area contributed by atoms with E-state index in [2.05, 4.69) is 26.2 Å². The number of nitrogens with two attached hydrogens (primary N) is 1. The number of nitrogen functional groups attached to an aromatic ring is 1. The molecular weight excluding hydrogens is 294 g/mol. The molecule has 4 nitrogen and oxygen atoms in total. The van der Waals surface area contributed by atoms with Crippen molar-refractivity contribution in [3.8, 4) is 0 Å². The largest absolute Gasteiger partial charge is 0.384 e. The number of amides is 1. The van der Waals surface area contributed by atoms with Crippen LogP contribution in [0.2, 0.25) is 0 Å². The van der Waals surface area contributed by atoms with E-state index in [0.717, 1.165) is 10.0 Å². The summed E-state index contributed by atoms with van der Waals surface area (Å²) in [6.45, 7) is 0.461. The van der Waals surface area contributed by atoms with E-state index < -0.39 is 0 Å². The normalized spacial score (nSPS) is 10.1. The third-order valence-corrected chi connectivity index (χ3v) is 3.21. The Bertz CT molecular complexity index is 572. The van der Waals surface area contributed by atoms with Crippen LogP contribution < -0.4 is 11.1 Å². The smallest absolute Gasteiger partial charge is 0.251 e. The highest BCUT2D eigenvalue weighted by Gasteiger charge is 2.06. The van der Waals surface area contributed by atoms with Crippen molar-refractivity contribution in [1.82, 2.24) is 10.3 Å². The highest BCUT2D eigenvalue weighted by atomic mass is 79.9. The van der Waals surface area contributed by atoms with E-state index >= 15 is 0 Å². The molecule has 92 valence electrons. The molecule has 3 N–H and O–H groups in total. The maximum atomic E-state index is 11.9. The maximum Gasteiger partial charge on any atom is 0.251 e. The summed E-state index contributed by atoms with van der Waals surface area (Å²) in [6.07, 6.45) is 1.52. The number of benzene rings is 1. The highest BCUT2D eigenvalue weighted by molar-refractivity contribution is 9.10. The summed E-state index contributed by atoms with van der Waals surface area (Å²) in [7, 11) is 0. The van der Waals surface area contributed by atoms with Crippen molar-refractivity contribution in [3.05, 3.63) is 58.2 Å². The van der Waals surface area contributed by atoms with Gasteiger partial charge in [-0.2, -0.15) is 0 Å². The van der Waals surface area contributed by atoms with Crippen molar-refractivity contribution in [2.24, 2.45) is 0 Å². The van der Waals surface area contributed by atoms with Crippen LogP contribution in [-0.2, 0) is 6.54 Å². The average Bonchev–Trinajstić information content (AvgIpc) is 2.37. The standard InChI is InChI=1S/C13H12BrN3O/c14-11-4-2-1-3-10(11)8-17-13(18)9-5-6-16-12(15)7-9/h1-7H,8H2,(H2,15,16)(H,17,18). The first-order valence-corrected chi connectivity index (χ1v) is 6.19. The summed E-state index contributed by atoms with van der Waals surface area (Å²) in [5, 5.41) is 2.83. The van der Waals surface area contributed by atoms with Crippen molar-refractivity contribution in [2.75, 3.05) is 5.73 Å². The third-order valence-electron chi connectivity index (χ3n) is 2.44. The molecule has 1 aromatic heterocycles. The molecule has 0 saturated carbocycles. The van der Waals surface area contributed by atoms with Gasteiger partial charge in [-0.3, -0.25) is 4.79 Å². The van der Waals surface area contributed by atoms with E-state index in [4.69, 9.17) is 5.73 Å². The average molecular weight is 306 g/mol. The minimum atomic E-state index is -0.167. The number of anilines is 1. The molecule has 1 heterocycles. The van der Waals surface area contributed by atoms with Crippen molar-refractivity contribution >= 4 is 27.7 Å². The molecule has 0 aliphatic heterocycles. The van der Waals surface area contributed by atoms with Crippen LogP contribution in [-0.4, -0.2) is 10.9 Å². The van der Waals surface area contributed by atoms with Crippen molar-refractivity contribution in [3.63, 3.8) is 0 Å². The molecule has 0 unspecified atom stereocenters. The number of carbonyl (C=O) groups excluding carboxylic acids is 1. The Balaban J connectivity index is 2.03. The zero-order valence-electron chi connectivity index (χ0n) is 9.56. The number of aromatic nitrogens is 1. The Morgan fingerprint density at radius 2 is 2.11 bits per heavy atom. The molecule has 0 radical (unpaired) electrons. The van der Waals surface area contributed by atoms with Crippen molar-refractivity contribution < 1.29 is 4.79 Å². The van der Waals surface area contributed by atoms with E-state index in [-0.39, 0.29) is 5.91 Å². The number of nitrogens with zero attached hydrogens (tertiary/aromatic N) is 1. The summed E-state index contributed by atoms with van der Waals surface area (Å²) in [5.41, 5.74) is 7.06. The molecule has 0 spiro atoms. The van der Waals surface area contributed by atoms with E-state index in [9.17, 15) is 4.79 Å². The quantitative estimate of drug-likeness (QED) is 0.914. The van der Waals surface area contributed by atoms with E-state index in [1.54, 1.807) is 12.1 Å². The Kier molecular flexibility index (Phi) is 3.94. The number of carbonyl (C=O) groups is 1. The number of halogens is 1. The first-order valence-electron chi connectivity index (χ1n) is 5.40. The Hall–Kier alpha value is -1.88. The monoisotopic (exact) mass is 305 g/mol. The number of rotatable bonds is 3. The Morgan fingerprint density at radius 3 is 2.83 bits per heavy atom. The number of hydrogen-bond donors (Lipinski definition) is 2. The third kappa shape index (κ3) is 3.07. The lowest BCUT2D eigenvalue weighted by Gasteiger charge is -2.07. The molecule has 2 rings (SSSR count). The minimum absolute atomic E-state index is 0.167. The predicted molar refractivity (Wildman–Crippen MR) is 74.0 cm³/mol. The molecule has 0 atom stereocenters. The van der Waals surface area contributed by atoms with Gasteiger partial charge in [0.15, 0.2) is 0 Å². The second-order valence-electron chi connectivity index (χ2n) is 3.74. The van der Waals surface area contributed by atoms with Gasteiger partial charge in [-0.05, 0) is 23.8 Å². The zero-order valence-corrected chi connectivity index (χ0v) is 11.1. The van der Waals surface area contributed by atoms with Crippen molar-refractivity contribution in [2.45, 2.75) is 6.54 Å². The Labute approximate surface area is 113 Å². The lowest BCUT2D eigenvalue weighted by atomic mass is 10.2. The van der Waals surface area contributed by atoms with Crippen LogP contribution in [0.4, 0.5) is 5.82 Å². The fourth-order valence-electron chi connectivity index (χ4n) is 1.51. The van der Waals surface area contributed by atoms with Crippen LogP contribution in [0.15, 0.2) is 47.1 Å². The topological polar surface area (TPSA) is 68.0 Å². The lowest BCUT2D eigenvalue weighted by molar-refractivity contribution is 0.0951. The molecule has 0 fully saturated rings. The minimum Gasteiger partial charge on any atom is -0.384 e. The Morgan fingerprint density at radius 1 is 1.33 bits per heavy atom. The zero-order chi connectivity index (χ0) is 13.0. The first kappa shape index (κ1) is 12.6. The van der Waals surface area contributed by atoms with E-state index in [1.807, 2.05) is 24.3 Å². The molecule has 0 aliphatic rings. The van der Waals surface area contributed by atoms with E-state index in [1.165, 1.54) is 6.20 Å². The van der Waals surface area contributed by atoms with Crippen LogP contribution in [0.25, 0.3) is 0 Å². The van der Waals surface area contributed by atoms with Crippen LogP contribution in [0.1, 0.15) is 15.9 Å². The first-order chi connectivity index (χ1) is 8.66. The number of nitrogens with one attached hydrogen (secondary N) is 1. The van der Waals surface area contributed by atoms with Gasteiger partial charge in [0.05, 0.1) is 0 Å². The van der Waals surface area contributed by atoms with Gasteiger partial charge >= 0.3 is 0 Å². The molecule has 0 bridgehead atoms. The maximum absolute atomic E-state index is 11.9. The molecule has 18 heavy (non-hydrogen) atoms. The highest BCUT2D eigenvalue weighted by Crippen LogP contribution is 2.15. The second-order valence-corrected chi connectivity index (χ2v) is 4.60. The van der Waals surface area contributed by atoms with E-state index in [0.29, 0.717) is 17.9 Å². The van der Waals surface area contributed by atoms with Crippen LogP contribution in [0, 0.1) is 0 Å². The van der Waals surface area contributed by atoms with Gasteiger partial charge in [-0.15, -0.1) is 0 Å². The summed E-state index contributed by atoms with van der Waals surface area (Å²) in [5.74, 6) is 0.170. The van der Waals surface area contributed by atoms with Gasteiger partial charge in [-0.1, -0.05) is 34.1 Å². The molecular formula is C13H12BrN3O. The van der Waals surface area contributed by atoms with Crippen LogP contribution >= 0.6 is 15.9 Å². The molecule has 0 aliphatic carbocycles. The second kappa shape index (κ2) is 5.64. The number of hydrogen-bond acceptors (Lipinski definition) is 3. The van der Waals surface area contributed by atoms with Crippen LogP contribution in [0.3, 0.4) is 0 Å². The van der Waals surface area contributed by atoms with Gasteiger partial charge in [0.1, 0.15) is 5.82 Å². The summed E-state index contributed by atoms with van der Waals surface area (Å²) in [6, 6.07) is 10.9. The molecule has 0 saturated heterocycles. The number of pyridine rings is 1. The van der Waals surface area contributed by atoms with Crippen LogP contribution in [0.5, 0.6) is 0 Å². The predicted octanol–water partition coefficient (Wildman–Crippen LogP) is 2.36. The summed E-state index contributed by atoms with van der Waals surface area (Å²) < 4.78 is 0.972. The van der Waals surface area contributed by atoms with Gasteiger partial charge in [0, 0.05) is 22.8 Å². The SMILES string of the molecule is Nc1cc(C(=O)NCc2ccccc2Br)ccn1. The fourth-order valence-corrected chi connectivity index (χ4v) is 1.93. The molecule has 5 heteroatoms. The lowest BCUT2D eigenvalue weighted by Crippen LogP contribution is -2.23. The van der Waals surface area contributed by atoms with Gasteiger partial charge < -0.3 is 11.1 Å². The van der Waals surface area contributed by atoms with Gasteiger partial charge in [-0.25, -0.2) is 4.98 Å². The van der Waals surface area contributed by atoms with Gasteiger partial charge in [0.25, 0.3) is 5.91 Å². The summed E-state index contributed by atoms with van der Waals surface area (Å²) in [4.78, 5) is 15.7. The molecule has 2 aromatic rings. The molecule has 1 aromatic carbocycles. The van der Waals surface area contributed by atoms with Crippen molar-refractivity contribution in [1.29, 1.82) is 0 Å². The fraction of sp³-hybridized carbons (Fsp3) is 0.0769. The molecule has 1 amide bonds.